The fourth-order valence-corrected chi connectivity index (χ4v) is 1.56. The molecule has 1 aromatic heterocycles. The molecule has 0 saturated carbocycles. The van der Waals surface area contributed by atoms with Crippen LogP contribution < -0.4 is 15.4 Å². The van der Waals surface area contributed by atoms with Crippen molar-refractivity contribution in [2.75, 3.05) is 13.2 Å². The Morgan fingerprint density at radius 1 is 1.00 bits per heavy atom. The summed E-state index contributed by atoms with van der Waals surface area (Å²) in [7, 11) is 0. The van der Waals surface area contributed by atoms with E-state index >= 15 is 0 Å². The molecule has 6 nitrogen and oxygen atoms in total. The van der Waals surface area contributed by atoms with E-state index < -0.39 is 0 Å². The lowest BCUT2D eigenvalue weighted by atomic mass is 10.3. The van der Waals surface area contributed by atoms with Crippen molar-refractivity contribution in [3.05, 3.63) is 54.5 Å². The third kappa shape index (κ3) is 5.40. The van der Waals surface area contributed by atoms with Gasteiger partial charge in [-0.05, 0) is 24.3 Å². The number of furan rings is 1. The van der Waals surface area contributed by atoms with Crippen LogP contribution in [-0.4, -0.2) is 25.0 Å². The summed E-state index contributed by atoms with van der Waals surface area (Å²) in [5, 5.41) is 5.10. The SMILES string of the molecule is O=C(CNC(=O)COc1ccccc1)NCc1ccco1. The number of para-hydroxylation sites is 1. The Morgan fingerprint density at radius 2 is 1.81 bits per heavy atom. The molecule has 2 aromatic rings. The standard InChI is InChI=1S/C15H16N2O4/c18-14(16-9-13-7-4-8-20-13)10-17-15(19)11-21-12-5-2-1-3-6-12/h1-8H,9-11H2,(H,16,18)(H,17,19). The molecule has 0 radical (unpaired) electrons. The number of amides is 2. The third-order valence-corrected chi connectivity index (χ3v) is 2.60. The van der Waals surface area contributed by atoms with Crippen LogP contribution in [0.4, 0.5) is 0 Å². The van der Waals surface area contributed by atoms with Crippen molar-refractivity contribution < 1.29 is 18.7 Å². The Kier molecular flexibility index (Phi) is 5.40. The number of carbonyl (C=O) groups excluding carboxylic acids is 2. The molecule has 21 heavy (non-hydrogen) atoms. The first-order valence-electron chi connectivity index (χ1n) is 6.47. The topological polar surface area (TPSA) is 80.6 Å². The maximum atomic E-state index is 11.5. The van der Waals surface area contributed by atoms with Crippen molar-refractivity contribution in [3.63, 3.8) is 0 Å². The van der Waals surface area contributed by atoms with E-state index in [9.17, 15) is 9.59 Å². The van der Waals surface area contributed by atoms with Gasteiger partial charge in [-0.15, -0.1) is 0 Å². The van der Waals surface area contributed by atoms with Crippen molar-refractivity contribution in [1.82, 2.24) is 10.6 Å². The Hall–Kier alpha value is -2.76. The fourth-order valence-electron chi connectivity index (χ4n) is 1.56. The number of carbonyl (C=O) groups is 2. The van der Waals surface area contributed by atoms with E-state index in [1.807, 2.05) is 18.2 Å². The molecular weight excluding hydrogens is 272 g/mol. The summed E-state index contributed by atoms with van der Waals surface area (Å²) in [4.78, 5) is 23.0. The van der Waals surface area contributed by atoms with Crippen LogP contribution in [0.1, 0.15) is 5.76 Å². The summed E-state index contributed by atoms with van der Waals surface area (Å²) >= 11 is 0. The predicted molar refractivity (Wildman–Crippen MR) is 75.5 cm³/mol. The van der Waals surface area contributed by atoms with E-state index in [0.717, 1.165) is 0 Å². The minimum absolute atomic E-state index is 0.0995. The van der Waals surface area contributed by atoms with E-state index in [0.29, 0.717) is 18.1 Å². The highest BCUT2D eigenvalue weighted by Gasteiger charge is 2.06. The van der Waals surface area contributed by atoms with Gasteiger partial charge in [-0.25, -0.2) is 0 Å². The van der Waals surface area contributed by atoms with Gasteiger partial charge in [-0.1, -0.05) is 18.2 Å². The van der Waals surface area contributed by atoms with E-state index in [2.05, 4.69) is 10.6 Å². The van der Waals surface area contributed by atoms with Crippen LogP contribution in [0.3, 0.4) is 0 Å². The number of benzene rings is 1. The summed E-state index contributed by atoms with van der Waals surface area (Å²) in [6, 6.07) is 12.5. The maximum Gasteiger partial charge on any atom is 0.258 e. The molecule has 0 bridgehead atoms. The molecule has 6 heteroatoms. The molecule has 0 aliphatic carbocycles. The highest BCUT2D eigenvalue weighted by atomic mass is 16.5. The number of ether oxygens (including phenoxy) is 1. The quantitative estimate of drug-likeness (QED) is 0.799. The highest BCUT2D eigenvalue weighted by Crippen LogP contribution is 2.07. The average Bonchev–Trinajstić information content (AvgIpc) is 3.03. The van der Waals surface area contributed by atoms with E-state index in [-0.39, 0.29) is 25.0 Å². The first-order chi connectivity index (χ1) is 10.2. The molecule has 110 valence electrons. The Bertz CT molecular complexity index is 567. The van der Waals surface area contributed by atoms with Gasteiger partial charge in [0.15, 0.2) is 6.61 Å². The molecule has 1 heterocycles. The average molecular weight is 288 g/mol. The Balaban J connectivity index is 1.61. The number of nitrogens with one attached hydrogen (secondary N) is 2. The minimum atomic E-state index is -0.355. The smallest absolute Gasteiger partial charge is 0.258 e. The predicted octanol–water partition coefficient (Wildman–Crippen LogP) is 1.09. The Morgan fingerprint density at radius 3 is 2.52 bits per heavy atom. The maximum absolute atomic E-state index is 11.5. The summed E-state index contributed by atoms with van der Waals surface area (Å²) < 4.78 is 10.3. The second-order valence-electron chi connectivity index (χ2n) is 4.23. The number of hydrogen-bond acceptors (Lipinski definition) is 4. The summed E-state index contributed by atoms with van der Waals surface area (Å²) in [5.41, 5.74) is 0. The zero-order valence-corrected chi connectivity index (χ0v) is 11.4. The van der Waals surface area contributed by atoms with Crippen LogP contribution in [0.2, 0.25) is 0 Å². The van der Waals surface area contributed by atoms with Gasteiger partial charge in [0, 0.05) is 0 Å². The molecular formula is C15H16N2O4. The minimum Gasteiger partial charge on any atom is -0.484 e. The Labute approximate surface area is 122 Å². The van der Waals surface area contributed by atoms with Crippen LogP contribution in [0.25, 0.3) is 0 Å². The lowest BCUT2D eigenvalue weighted by molar-refractivity contribution is -0.127. The van der Waals surface area contributed by atoms with Crippen LogP contribution in [0.15, 0.2) is 53.1 Å². The van der Waals surface area contributed by atoms with E-state index in [4.69, 9.17) is 9.15 Å². The second-order valence-corrected chi connectivity index (χ2v) is 4.23. The highest BCUT2D eigenvalue weighted by molar-refractivity contribution is 5.85. The zero-order chi connectivity index (χ0) is 14.9. The largest absolute Gasteiger partial charge is 0.484 e. The van der Waals surface area contributed by atoms with Crippen LogP contribution in [0, 0.1) is 0 Å². The molecule has 0 fully saturated rings. The van der Waals surface area contributed by atoms with Crippen LogP contribution in [0.5, 0.6) is 5.75 Å². The first-order valence-corrected chi connectivity index (χ1v) is 6.47. The van der Waals surface area contributed by atoms with Gasteiger partial charge in [0.05, 0.1) is 19.4 Å². The van der Waals surface area contributed by atoms with Gasteiger partial charge in [-0.2, -0.15) is 0 Å². The molecule has 0 unspecified atom stereocenters. The molecule has 0 saturated heterocycles. The monoisotopic (exact) mass is 288 g/mol. The number of hydrogen-bond donors (Lipinski definition) is 2. The molecule has 0 spiro atoms. The molecule has 2 N–H and O–H groups in total. The lowest BCUT2D eigenvalue weighted by Gasteiger charge is -2.07. The van der Waals surface area contributed by atoms with Crippen molar-refractivity contribution in [2.45, 2.75) is 6.54 Å². The number of rotatable bonds is 7. The molecule has 1 aromatic carbocycles. The second kappa shape index (κ2) is 7.74. The third-order valence-electron chi connectivity index (χ3n) is 2.60. The summed E-state index contributed by atoms with van der Waals surface area (Å²) in [5.74, 6) is 0.614. The zero-order valence-electron chi connectivity index (χ0n) is 11.4. The fraction of sp³-hybridized carbons (Fsp3) is 0.200. The van der Waals surface area contributed by atoms with Crippen LogP contribution in [-0.2, 0) is 16.1 Å². The molecule has 2 rings (SSSR count). The van der Waals surface area contributed by atoms with Gasteiger partial charge < -0.3 is 19.8 Å². The van der Waals surface area contributed by atoms with Gasteiger partial charge in [0.2, 0.25) is 5.91 Å². The van der Waals surface area contributed by atoms with Crippen molar-refractivity contribution in [3.8, 4) is 5.75 Å². The molecule has 0 atom stereocenters. The van der Waals surface area contributed by atoms with Crippen molar-refractivity contribution in [1.29, 1.82) is 0 Å². The lowest BCUT2D eigenvalue weighted by Crippen LogP contribution is -2.38. The van der Waals surface area contributed by atoms with Gasteiger partial charge in [-0.3, -0.25) is 9.59 Å². The molecule has 0 aliphatic heterocycles. The normalized spacial score (nSPS) is 9.90. The molecule has 2 amide bonds. The molecule has 0 aliphatic rings. The van der Waals surface area contributed by atoms with Crippen LogP contribution >= 0.6 is 0 Å². The van der Waals surface area contributed by atoms with Crippen molar-refractivity contribution in [2.24, 2.45) is 0 Å². The van der Waals surface area contributed by atoms with Crippen molar-refractivity contribution >= 4 is 11.8 Å². The summed E-state index contributed by atoms with van der Waals surface area (Å²) in [6.07, 6.45) is 1.53. The van der Waals surface area contributed by atoms with E-state index in [1.54, 1.807) is 24.3 Å². The van der Waals surface area contributed by atoms with E-state index in [1.165, 1.54) is 6.26 Å². The first kappa shape index (κ1) is 14.6. The van der Waals surface area contributed by atoms with Gasteiger partial charge in [0.25, 0.3) is 5.91 Å². The van der Waals surface area contributed by atoms with Gasteiger partial charge in [0.1, 0.15) is 11.5 Å². The summed E-state index contributed by atoms with van der Waals surface area (Å²) in [6.45, 7) is 0.0649. The van der Waals surface area contributed by atoms with Gasteiger partial charge >= 0.3 is 0 Å².